The number of rotatable bonds is 4. The first-order valence-electron chi connectivity index (χ1n) is 6.58. The lowest BCUT2D eigenvalue weighted by Crippen LogP contribution is -2.41. The summed E-state index contributed by atoms with van der Waals surface area (Å²) in [6, 6.07) is 5.60. The van der Waals surface area contributed by atoms with Crippen molar-refractivity contribution in [2.24, 2.45) is 0 Å². The Morgan fingerprint density at radius 1 is 1.35 bits per heavy atom. The van der Waals surface area contributed by atoms with Gasteiger partial charge in [0.2, 0.25) is 0 Å². The highest BCUT2D eigenvalue weighted by Crippen LogP contribution is 2.24. The van der Waals surface area contributed by atoms with E-state index in [1.165, 1.54) is 0 Å². The molecule has 1 aromatic carbocycles. The van der Waals surface area contributed by atoms with Gasteiger partial charge in [0.05, 0.1) is 24.9 Å². The Morgan fingerprint density at radius 3 is 2.70 bits per heavy atom. The highest BCUT2D eigenvalue weighted by molar-refractivity contribution is 9.11. The zero-order valence-electron chi connectivity index (χ0n) is 11.0. The molecule has 0 aromatic heterocycles. The summed E-state index contributed by atoms with van der Waals surface area (Å²) in [4.78, 5) is 14.3. The topological polar surface area (TPSA) is 49.8 Å². The third-order valence-corrected chi connectivity index (χ3v) is 4.52. The molecular weight excluding hydrogens is 390 g/mol. The summed E-state index contributed by atoms with van der Waals surface area (Å²) >= 11 is 6.81. The standard InChI is InChI=1S/C14H17Br2NO3/c15-10-1-2-13(16)12(9-10)14(19)17-5-3-11(4-6-17)20-8-7-18/h1-2,9,11,18H,3-8H2. The summed E-state index contributed by atoms with van der Waals surface area (Å²) in [6.45, 7) is 1.79. The van der Waals surface area contributed by atoms with Crippen LogP contribution in [-0.4, -0.2) is 48.3 Å². The molecular formula is C14H17Br2NO3. The fourth-order valence-corrected chi connectivity index (χ4v) is 3.05. The van der Waals surface area contributed by atoms with Crippen molar-refractivity contribution in [2.75, 3.05) is 26.3 Å². The predicted octanol–water partition coefficient (Wildman–Crippen LogP) is 2.83. The van der Waals surface area contributed by atoms with Gasteiger partial charge in [-0.2, -0.15) is 0 Å². The zero-order chi connectivity index (χ0) is 14.5. The highest BCUT2D eigenvalue weighted by atomic mass is 79.9. The van der Waals surface area contributed by atoms with E-state index in [2.05, 4.69) is 31.9 Å². The van der Waals surface area contributed by atoms with Crippen molar-refractivity contribution >= 4 is 37.8 Å². The van der Waals surface area contributed by atoms with E-state index >= 15 is 0 Å². The van der Waals surface area contributed by atoms with Crippen molar-refractivity contribution in [3.05, 3.63) is 32.7 Å². The minimum absolute atomic E-state index is 0.0405. The summed E-state index contributed by atoms with van der Waals surface area (Å²) < 4.78 is 7.21. The largest absolute Gasteiger partial charge is 0.394 e. The third-order valence-electron chi connectivity index (χ3n) is 3.33. The van der Waals surface area contributed by atoms with Crippen molar-refractivity contribution in [1.29, 1.82) is 0 Å². The van der Waals surface area contributed by atoms with Crippen LogP contribution < -0.4 is 0 Å². The van der Waals surface area contributed by atoms with Gasteiger partial charge < -0.3 is 14.7 Å². The summed E-state index contributed by atoms with van der Waals surface area (Å²) in [5, 5.41) is 8.74. The second-order valence-electron chi connectivity index (χ2n) is 4.71. The van der Waals surface area contributed by atoms with Crippen LogP contribution in [0.2, 0.25) is 0 Å². The maximum Gasteiger partial charge on any atom is 0.255 e. The number of benzene rings is 1. The fraction of sp³-hybridized carbons (Fsp3) is 0.500. The van der Waals surface area contributed by atoms with Gasteiger partial charge in [-0.05, 0) is 47.0 Å². The SMILES string of the molecule is O=C(c1cc(Br)ccc1Br)N1CCC(OCCO)CC1. The molecule has 0 radical (unpaired) electrons. The van der Waals surface area contributed by atoms with Gasteiger partial charge in [0.15, 0.2) is 0 Å². The van der Waals surface area contributed by atoms with Crippen LogP contribution in [0.15, 0.2) is 27.1 Å². The van der Waals surface area contributed by atoms with Crippen LogP contribution in [0.4, 0.5) is 0 Å². The van der Waals surface area contributed by atoms with Crippen molar-refractivity contribution in [2.45, 2.75) is 18.9 Å². The van der Waals surface area contributed by atoms with Crippen LogP contribution in [-0.2, 0) is 4.74 Å². The molecule has 1 fully saturated rings. The normalized spacial score (nSPS) is 16.4. The number of nitrogens with zero attached hydrogens (tertiary/aromatic N) is 1. The highest BCUT2D eigenvalue weighted by Gasteiger charge is 2.25. The first-order valence-corrected chi connectivity index (χ1v) is 8.17. The lowest BCUT2D eigenvalue weighted by atomic mass is 10.1. The predicted molar refractivity (Wildman–Crippen MR) is 83.8 cm³/mol. The average molecular weight is 407 g/mol. The summed E-state index contributed by atoms with van der Waals surface area (Å²) in [6.07, 6.45) is 1.78. The van der Waals surface area contributed by atoms with Crippen LogP contribution in [0.1, 0.15) is 23.2 Å². The van der Waals surface area contributed by atoms with Crippen LogP contribution in [0.5, 0.6) is 0 Å². The number of amides is 1. The summed E-state index contributed by atoms with van der Waals surface area (Å²) in [5.41, 5.74) is 0.675. The van der Waals surface area contributed by atoms with Crippen molar-refractivity contribution in [3.8, 4) is 0 Å². The molecule has 0 bridgehead atoms. The number of likely N-dealkylation sites (tertiary alicyclic amines) is 1. The second-order valence-corrected chi connectivity index (χ2v) is 6.48. The van der Waals surface area contributed by atoms with E-state index in [4.69, 9.17) is 9.84 Å². The molecule has 20 heavy (non-hydrogen) atoms. The molecule has 0 spiro atoms. The molecule has 1 saturated heterocycles. The quantitative estimate of drug-likeness (QED) is 0.836. The lowest BCUT2D eigenvalue weighted by molar-refractivity contribution is -0.00555. The van der Waals surface area contributed by atoms with Gasteiger partial charge in [-0.1, -0.05) is 15.9 Å². The van der Waals surface area contributed by atoms with Crippen LogP contribution >= 0.6 is 31.9 Å². The molecule has 1 amide bonds. The average Bonchev–Trinajstić information content (AvgIpc) is 2.47. The number of piperidine rings is 1. The number of halogens is 2. The Hall–Kier alpha value is -0.430. The van der Waals surface area contributed by atoms with E-state index in [-0.39, 0.29) is 18.6 Å². The molecule has 0 atom stereocenters. The van der Waals surface area contributed by atoms with Gasteiger partial charge in [0.1, 0.15) is 0 Å². The maximum absolute atomic E-state index is 12.5. The molecule has 2 rings (SSSR count). The number of hydrogen-bond donors (Lipinski definition) is 1. The number of aliphatic hydroxyl groups excluding tert-OH is 1. The van der Waals surface area contributed by atoms with Crippen LogP contribution in [0.25, 0.3) is 0 Å². The molecule has 110 valence electrons. The van der Waals surface area contributed by atoms with Gasteiger partial charge in [0, 0.05) is 22.0 Å². The molecule has 0 unspecified atom stereocenters. The van der Waals surface area contributed by atoms with Crippen LogP contribution in [0, 0.1) is 0 Å². The van der Waals surface area contributed by atoms with Crippen molar-refractivity contribution in [3.63, 3.8) is 0 Å². The van der Waals surface area contributed by atoms with Gasteiger partial charge in [-0.15, -0.1) is 0 Å². The number of ether oxygens (including phenoxy) is 1. The Kier molecular flexibility index (Phi) is 6.01. The Labute approximate surface area is 135 Å². The Morgan fingerprint density at radius 2 is 2.05 bits per heavy atom. The van der Waals surface area contributed by atoms with Crippen molar-refractivity contribution in [1.82, 2.24) is 4.90 Å². The lowest BCUT2D eigenvalue weighted by Gasteiger charge is -2.32. The first-order chi connectivity index (χ1) is 9.61. The Balaban J connectivity index is 1.96. The van der Waals surface area contributed by atoms with E-state index in [1.54, 1.807) is 0 Å². The van der Waals surface area contributed by atoms with Gasteiger partial charge >= 0.3 is 0 Å². The monoisotopic (exact) mass is 405 g/mol. The molecule has 1 heterocycles. The number of aliphatic hydroxyl groups is 1. The van der Waals surface area contributed by atoms with E-state index in [0.717, 1.165) is 21.8 Å². The molecule has 4 nitrogen and oxygen atoms in total. The molecule has 1 aliphatic rings. The van der Waals surface area contributed by atoms with Crippen LogP contribution in [0.3, 0.4) is 0 Å². The fourth-order valence-electron chi connectivity index (χ4n) is 2.28. The second kappa shape index (κ2) is 7.54. The zero-order valence-corrected chi connectivity index (χ0v) is 14.2. The maximum atomic E-state index is 12.5. The van der Waals surface area contributed by atoms with E-state index in [0.29, 0.717) is 25.3 Å². The van der Waals surface area contributed by atoms with E-state index < -0.39 is 0 Å². The van der Waals surface area contributed by atoms with Gasteiger partial charge in [0.25, 0.3) is 5.91 Å². The molecule has 1 N–H and O–H groups in total. The van der Waals surface area contributed by atoms with Gasteiger partial charge in [-0.3, -0.25) is 4.79 Å². The number of hydrogen-bond acceptors (Lipinski definition) is 3. The molecule has 0 aliphatic carbocycles. The van der Waals surface area contributed by atoms with E-state index in [9.17, 15) is 4.79 Å². The molecule has 6 heteroatoms. The molecule has 1 aliphatic heterocycles. The number of carbonyl (C=O) groups excluding carboxylic acids is 1. The minimum Gasteiger partial charge on any atom is -0.394 e. The third kappa shape index (κ3) is 4.04. The Bertz CT molecular complexity index is 473. The van der Waals surface area contributed by atoms with Gasteiger partial charge in [-0.25, -0.2) is 0 Å². The smallest absolute Gasteiger partial charge is 0.255 e. The minimum atomic E-state index is 0.0405. The van der Waals surface area contributed by atoms with E-state index in [1.807, 2.05) is 23.1 Å². The molecule has 0 saturated carbocycles. The first kappa shape index (κ1) is 15.9. The van der Waals surface area contributed by atoms with Crippen molar-refractivity contribution < 1.29 is 14.6 Å². The number of carbonyl (C=O) groups is 1. The summed E-state index contributed by atoms with van der Waals surface area (Å²) in [5.74, 6) is 0.0405. The molecule has 1 aromatic rings. The summed E-state index contributed by atoms with van der Waals surface area (Å²) in [7, 11) is 0.